The van der Waals surface area contributed by atoms with Gasteiger partial charge in [0.2, 0.25) is 0 Å². The lowest BCUT2D eigenvalue weighted by atomic mass is 10.2. The second kappa shape index (κ2) is 8.39. The van der Waals surface area contributed by atoms with Crippen LogP contribution in [0.25, 0.3) is 0 Å². The Morgan fingerprint density at radius 1 is 1.21 bits per heavy atom. The molecule has 3 aromatic rings. The Labute approximate surface area is 167 Å². The molecule has 0 radical (unpaired) electrons. The highest BCUT2D eigenvalue weighted by molar-refractivity contribution is 7.99. The average Bonchev–Trinajstić information content (AvgIpc) is 3.15. The molecular weight excluding hydrogens is 374 g/mol. The Morgan fingerprint density at radius 3 is 2.86 bits per heavy atom. The fraction of sp³-hybridized carbons (Fsp3) is 0.238. The first-order valence-electron chi connectivity index (χ1n) is 9.17. The van der Waals surface area contributed by atoms with Gasteiger partial charge in [-0.15, -0.1) is 11.8 Å². The molecule has 0 fully saturated rings. The van der Waals surface area contributed by atoms with Crippen molar-refractivity contribution in [2.45, 2.75) is 24.5 Å². The molecule has 0 spiro atoms. The normalized spacial score (nSPS) is 15.2. The molecule has 1 unspecified atom stereocenters. The van der Waals surface area contributed by atoms with Crippen molar-refractivity contribution in [3.63, 3.8) is 0 Å². The summed E-state index contributed by atoms with van der Waals surface area (Å²) in [6.07, 6.45) is 3.31. The molecular formula is C21H21N3O3S. The zero-order valence-electron chi connectivity index (χ0n) is 15.5. The van der Waals surface area contributed by atoms with Gasteiger partial charge in [-0.3, -0.25) is 9.48 Å². The van der Waals surface area contributed by atoms with E-state index in [2.05, 4.69) is 17.3 Å². The zero-order valence-corrected chi connectivity index (χ0v) is 16.3. The van der Waals surface area contributed by atoms with Gasteiger partial charge in [-0.25, -0.2) is 0 Å². The molecule has 1 N–H and O–H groups in total. The van der Waals surface area contributed by atoms with E-state index in [4.69, 9.17) is 9.47 Å². The fourth-order valence-electron chi connectivity index (χ4n) is 3.02. The van der Waals surface area contributed by atoms with Crippen molar-refractivity contribution >= 4 is 23.4 Å². The van der Waals surface area contributed by atoms with Crippen LogP contribution in [0.2, 0.25) is 0 Å². The Morgan fingerprint density at radius 2 is 2.00 bits per heavy atom. The molecule has 7 heteroatoms. The molecule has 1 aliphatic rings. The van der Waals surface area contributed by atoms with E-state index in [0.717, 1.165) is 22.1 Å². The summed E-state index contributed by atoms with van der Waals surface area (Å²) in [6, 6.07) is 15.2. The molecule has 144 valence electrons. The Kier molecular flexibility index (Phi) is 5.53. The quantitative estimate of drug-likeness (QED) is 0.637. The van der Waals surface area contributed by atoms with Crippen LogP contribution in [-0.2, 0) is 6.54 Å². The lowest BCUT2D eigenvalue weighted by Gasteiger charge is -2.26. The van der Waals surface area contributed by atoms with Crippen LogP contribution in [0.15, 0.2) is 65.8 Å². The van der Waals surface area contributed by atoms with Crippen LogP contribution in [0.3, 0.4) is 0 Å². The molecule has 2 aromatic carbocycles. The number of thioether (sulfide) groups is 1. The number of para-hydroxylation sites is 2. The molecule has 0 saturated heterocycles. The molecule has 6 nitrogen and oxygen atoms in total. The number of anilines is 1. The minimum absolute atomic E-state index is 0.137. The summed E-state index contributed by atoms with van der Waals surface area (Å²) in [5.74, 6) is 2.27. The molecule has 28 heavy (non-hydrogen) atoms. The third kappa shape index (κ3) is 4.14. The average molecular weight is 395 g/mol. The number of carbonyl (C=O) groups excluding carboxylic acids is 1. The third-order valence-corrected chi connectivity index (χ3v) is 5.24. The van der Waals surface area contributed by atoms with Gasteiger partial charge in [-0.2, -0.15) is 5.10 Å². The van der Waals surface area contributed by atoms with Crippen LogP contribution in [0.5, 0.6) is 11.5 Å². The lowest BCUT2D eigenvalue weighted by molar-refractivity contribution is 0.0759. The van der Waals surface area contributed by atoms with E-state index in [1.165, 1.54) is 0 Å². The van der Waals surface area contributed by atoms with Gasteiger partial charge in [-0.1, -0.05) is 31.2 Å². The van der Waals surface area contributed by atoms with Crippen molar-refractivity contribution in [3.8, 4) is 11.5 Å². The molecule has 0 bridgehead atoms. The number of ether oxygens (including phenoxy) is 2. The molecule has 0 saturated carbocycles. The molecule has 1 atom stereocenters. The smallest absolute Gasteiger partial charge is 0.256 e. The van der Waals surface area contributed by atoms with E-state index in [0.29, 0.717) is 24.4 Å². The minimum atomic E-state index is -0.139. The van der Waals surface area contributed by atoms with Crippen molar-refractivity contribution in [2.75, 3.05) is 17.7 Å². The summed E-state index contributed by atoms with van der Waals surface area (Å²) < 4.78 is 13.5. The second-order valence-electron chi connectivity index (χ2n) is 6.33. The van der Waals surface area contributed by atoms with Crippen molar-refractivity contribution in [2.24, 2.45) is 0 Å². The Bertz CT molecular complexity index is 973. The maximum absolute atomic E-state index is 12.6. The highest BCUT2D eigenvalue weighted by Gasteiger charge is 2.21. The second-order valence-corrected chi connectivity index (χ2v) is 7.64. The van der Waals surface area contributed by atoms with Crippen LogP contribution in [-0.4, -0.2) is 34.2 Å². The van der Waals surface area contributed by atoms with Crippen molar-refractivity contribution in [1.82, 2.24) is 9.78 Å². The predicted octanol–water partition coefficient (Wildman–Crippen LogP) is 4.09. The maximum atomic E-state index is 12.6. The number of fused-ring (bicyclic) bond motifs is 1. The summed E-state index contributed by atoms with van der Waals surface area (Å²) in [6.45, 7) is 3.06. The van der Waals surface area contributed by atoms with E-state index in [1.54, 1.807) is 28.8 Å². The number of hydrogen-bond donors (Lipinski definition) is 1. The highest BCUT2D eigenvalue weighted by Crippen LogP contribution is 2.31. The van der Waals surface area contributed by atoms with E-state index in [9.17, 15) is 4.79 Å². The molecule has 1 aromatic heterocycles. The van der Waals surface area contributed by atoms with Crippen molar-refractivity contribution in [3.05, 3.63) is 66.5 Å². The molecule has 0 aliphatic carbocycles. The largest absolute Gasteiger partial charge is 0.486 e. The van der Waals surface area contributed by atoms with Crippen LogP contribution in [0.1, 0.15) is 17.3 Å². The standard InChI is InChI=1S/C21H21N3O3S/c1-2-28-20-10-6-3-7-17(20)21(25)23-15-11-22-24(12-15)13-16-14-26-18-8-4-5-9-19(18)27-16/h3-12,16H,2,13-14H2,1H3,(H,23,25). The van der Waals surface area contributed by atoms with Gasteiger partial charge >= 0.3 is 0 Å². The molecule has 2 heterocycles. The predicted molar refractivity (Wildman–Crippen MR) is 109 cm³/mol. The number of hydrogen-bond acceptors (Lipinski definition) is 5. The topological polar surface area (TPSA) is 65.4 Å². The van der Waals surface area contributed by atoms with Crippen molar-refractivity contribution in [1.29, 1.82) is 0 Å². The number of aromatic nitrogens is 2. The first-order chi connectivity index (χ1) is 13.7. The number of rotatable bonds is 6. The van der Waals surface area contributed by atoms with Gasteiger partial charge in [0, 0.05) is 11.1 Å². The Balaban J connectivity index is 1.39. The van der Waals surface area contributed by atoms with Crippen LogP contribution < -0.4 is 14.8 Å². The number of nitrogens with zero attached hydrogens (tertiary/aromatic N) is 2. The monoisotopic (exact) mass is 395 g/mol. The summed E-state index contributed by atoms with van der Waals surface area (Å²) in [7, 11) is 0. The minimum Gasteiger partial charge on any atom is -0.486 e. The van der Waals surface area contributed by atoms with Gasteiger partial charge in [0.05, 0.1) is 24.0 Å². The van der Waals surface area contributed by atoms with Gasteiger partial charge in [0.15, 0.2) is 17.6 Å². The van der Waals surface area contributed by atoms with Gasteiger partial charge < -0.3 is 14.8 Å². The van der Waals surface area contributed by atoms with E-state index < -0.39 is 0 Å². The van der Waals surface area contributed by atoms with Crippen LogP contribution in [0, 0.1) is 0 Å². The van der Waals surface area contributed by atoms with Gasteiger partial charge in [0.1, 0.15) is 6.61 Å². The lowest BCUT2D eigenvalue weighted by Crippen LogP contribution is -2.33. The SMILES string of the molecule is CCSc1ccccc1C(=O)Nc1cnn(CC2COc3ccccc3O2)c1. The van der Waals surface area contributed by atoms with Gasteiger partial charge in [0.25, 0.3) is 5.91 Å². The summed E-state index contributed by atoms with van der Waals surface area (Å²) >= 11 is 1.65. The fourth-order valence-corrected chi connectivity index (χ4v) is 3.83. The molecule has 1 amide bonds. The first kappa shape index (κ1) is 18.4. The summed E-state index contributed by atoms with van der Waals surface area (Å²) in [5.41, 5.74) is 1.32. The van der Waals surface area contributed by atoms with Crippen LogP contribution in [0.4, 0.5) is 5.69 Å². The maximum Gasteiger partial charge on any atom is 0.256 e. The summed E-state index contributed by atoms with van der Waals surface area (Å²) in [5, 5.41) is 7.26. The number of amides is 1. The number of nitrogens with one attached hydrogen (secondary N) is 1. The number of benzene rings is 2. The van der Waals surface area contributed by atoms with E-state index in [1.807, 2.05) is 48.5 Å². The highest BCUT2D eigenvalue weighted by atomic mass is 32.2. The van der Waals surface area contributed by atoms with Crippen molar-refractivity contribution < 1.29 is 14.3 Å². The summed E-state index contributed by atoms with van der Waals surface area (Å²) in [4.78, 5) is 13.6. The zero-order chi connectivity index (χ0) is 19.3. The first-order valence-corrected chi connectivity index (χ1v) is 10.2. The van der Waals surface area contributed by atoms with Gasteiger partial charge in [-0.05, 0) is 30.0 Å². The van der Waals surface area contributed by atoms with E-state index in [-0.39, 0.29) is 12.0 Å². The van der Waals surface area contributed by atoms with E-state index >= 15 is 0 Å². The molecule has 1 aliphatic heterocycles. The Hall–Kier alpha value is -2.93. The number of carbonyl (C=O) groups is 1. The molecule has 4 rings (SSSR count). The van der Waals surface area contributed by atoms with Crippen LogP contribution >= 0.6 is 11.8 Å². The third-order valence-electron chi connectivity index (χ3n) is 4.28.